The molecule has 29 heavy (non-hydrogen) atoms. The molecule has 0 aliphatic carbocycles. The topological polar surface area (TPSA) is 58.5 Å². The Morgan fingerprint density at radius 3 is 2.31 bits per heavy atom. The molecule has 0 amide bonds. The summed E-state index contributed by atoms with van der Waals surface area (Å²) in [6.07, 6.45) is 1.77. The minimum Gasteiger partial charge on any atom is -0.277 e. The van der Waals surface area contributed by atoms with Gasteiger partial charge in [0.15, 0.2) is 0 Å². The molecule has 0 heterocycles. The van der Waals surface area contributed by atoms with E-state index >= 15 is 0 Å². The smallest absolute Gasteiger partial charge is 0.261 e. The van der Waals surface area contributed by atoms with Gasteiger partial charge in [0.1, 0.15) is 0 Å². The summed E-state index contributed by atoms with van der Waals surface area (Å²) < 4.78 is 28.2. The zero-order valence-corrected chi connectivity index (χ0v) is 16.7. The molecule has 1 N–H and O–H groups in total. The number of nitrogens with zero attached hydrogens (tertiary/aromatic N) is 1. The van der Waals surface area contributed by atoms with Crippen LogP contribution in [0, 0.1) is 6.92 Å². The van der Waals surface area contributed by atoms with Crippen molar-refractivity contribution >= 4 is 38.4 Å². The van der Waals surface area contributed by atoms with E-state index in [9.17, 15) is 8.42 Å². The van der Waals surface area contributed by atoms with Crippen molar-refractivity contribution in [2.75, 3.05) is 4.72 Å². The van der Waals surface area contributed by atoms with Gasteiger partial charge in [0.25, 0.3) is 10.0 Å². The molecule has 0 saturated heterocycles. The van der Waals surface area contributed by atoms with Crippen molar-refractivity contribution in [3.05, 3.63) is 102 Å². The Labute approximate surface area is 170 Å². The van der Waals surface area contributed by atoms with Crippen LogP contribution >= 0.6 is 0 Å². The summed E-state index contributed by atoms with van der Waals surface area (Å²) in [5.41, 5.74) is 2.96. The Kier molecular flexibility index (Phi) is 5.14. The number of hydrogen-bond donors (Lipinski definition) is 1. The first-order valence-electron chi connectivity index (χ1n) is 9.23. The number of sulfonamides is 1. The monoisotopic (exact) mass is 400 g/mol. The fourth-order valence-corrected chi connectivity index (χ4v) is 4.17. The largest absolute Gasteiger partial charge is 0.277 e. The summed E-state index contributed by atoms with van der Waals surface area (Å²) in [4.78, 5) is 4.79. The summed E-state index contributed by atoms with van der Waals surface area (Å²) in [7, 11) is -3.69. The summed E-state index contributed by atoms with van der Waals surface area (Å²) in [5.74, 6) is 0. The Balaban J connectivity index is 1.67. The molecule has 0 fully saturated rings. The Morgan fingerprint density at radius 2 is 1.48 bits per heavy atom. The van der Waals surface area contributed by atoms with Crippen LogP contribution in [-0.4, -0.2) is 14.6 Å². The van der Waals surface area contributed by atoms with Crippen molar-refractivity contribution in [1.82, 2.24) is 0 Å². The van der Waals surface area contributed by atoms with Crippen LogP contribution in [0.3, 0.4) is 0 Å². The van der Waals surface area contributed by atoms with E-state index in [-0.39, 0.29) is 4.90 Å². The molecule has 5 heteroatoms. The maximum Gasteiger partial charge on any atom is 0.261 e. The van der Waals surface area contributed by atoms with Crippen LogP contribution in [0.5, 0.6) is 0 Å². The molecule has 4 nitrogen and oxygen atoms in total. The van der Waals surface area contributed by atoms with E-state index in [4.69, 9.17) is 0 Å². The number of fused-ring (bicyclic) bond motifs is 1. The first-order chi connectivity index (χ1) is 14.0. The average Bonchev–Trinajstić information content (AvgIpc) is 2.73. The van der Waals surface area contributed by atoms with Crippen LogP contribution in [0.4, 0.5) is 11.4 Å². The van der Waals surface area contributed by atoms with Crippen molar-refractivity contribution in [2.45, 2.75) is 11.8 Å². The number of anilines is 1. The highest BCUT2D eigenvalue weighted by Gasteiger charge is 2.15. The predicted octanol–water partition coefficient (Wildman–Crippen LogP) is 5.70. The number of para-hydroxylation sites is 2. The normalized spacial score (nSPS) is 11.8. The first kappa shape index (κ1) is 18.9. The first-order valence-corrected chi connectivity index (χ1v) is 10.7. The third-order valence-corrected chi connectivity index (χ3v) is 6.03. The van der Waals surface area contributed by atoms with Gasteiger partial charge in [0.05, 0.1) is 16.3 Å². The van der Waals surface area contributed by atoms with Crippen LogP contribution in [0.1, 0.15) is 11.1 Å². The molecular formula is C24H20N2O2S. The van der Waals surface area contributed by atoms with Gasteiger partial charge in [0, 0.05) is 11.8 Å². The van der Waals surface area contributed by atoms with Gasteiger partial charge < -0.3 is 0 Å². The van der Waals surface area contributed by atoms with E-state index in [2.05, 4.69) is 21.8 Å². The molecule has 0 bridgehead atoms. The molecule has 0 aromatic heterocycles. The van der Waals surface area contributed by atoms with Crippen LogP contribution in [0.2, 0.25) is 0 Å². The second-order valence-electron chi connectivity index (χ2n) is 6.76. The number of rotatable bonds is 5. The fraction of sp³-hybridized carbons (Fsp3) is 0.0417. The lowest BCUT2D eigenvalue weighted by molar-refractivity contribution is 0.601. The molecule has 0 radical (unpaired) electrons. The molecule has 0 unspecified atom stereocenters. The number of aryl methyl sites for hydroxylation is 1. The highest BCUT2D eigenvalue weighted by molar-refractivity contribution is 7.92. The third kappa shape index (κ3) is 4.20. The van der Waals surface area contributed by atoms with E-state index in [0.717, 1.165) is 21.9 Å². The van der Waals surface area contributed by atoms with E-state index in [1.54, 1.807) is 48.7 Å². The van der Waals surface area contributed by atoms with E-state index in [0.29, 0.717) is 11.4 Å². The summed E-state index contributed by atoms with van der Waals surface area (Å²) in [5, 5.41) is 2.22. The van der Waals surface area contributed by atoms with Gasteiger partial charge in [-0.3, -0.25) is 9.71 Å². The molecular weight excluding hydrogens is 380 g/mol. The van der Waals surface area contributed by atoms with Crippen LogP contribution in [0.25, 0.3) is 10.8 Å². The minimum absolute atomic E-state index is 0.218. The molecule has 4 aromatic rings. The van der Waals surface area contributed by atoms with Gasteiger partial charge >= 0.3 is 0 Å². The molecule has 0 spiro atoms. The Bertz CT molecular complexity index is 1290. The van der Waals surface area contributed by atoms with E-state index < -0.39 is 10.0 Å². The standard InChI is InChI=1S/C24H20N2O2S/c1-18-13-15-21(16-14-18)29(27,28)26-24-12-5-4-11-23(24)25-17-20-9-6-8-19-7-2-3-10-22(19)20/h2-17,26H,1H3. The molecule has 0 aliphatic rings. The lowest BCUT2D eigenvalue weighted by Gasteiger charge is -2.10. The highest BCUT2D eigenvalue weighted by Crippen LogP contribution is 2.27. The maximum absolute atomic E-state index is 12.8. The van der Waals surface area contributed by atoms with Crippen molar-refractivity contribution in [3.8, 4) is 0 Å². The molecule has 4 aromatic carbocycles. The van der Waals surface area contributed by atoms with Crippen molar-refractivity contribution in [3.63, 3.8) is 0 Å². The average molecular weight is 401 g/mol. The maximum atomic E-state index is 12.8. The predicted molar refractivity (Wildman–Crippen MR) is 120 cm³/mol. The van der Waals surface area contributed by atoms with Crippen molar-refractivity contribution in [2.24, 2.45) is 4.99 Å². The molecule has 144 valence electrons. The van der Waals surface area contributed by atoms with Crippen LogP contribution in [0.15, 0.2) is 101 Å². The molecule has 0 aliphatic heterocycles. The summed E-state index contributed by atoms with van der Waals surface area (Å²) in [6.45, 7) is 1.92. The zero-order valence-electron chi connectivity index (χ0n) is 15.9. The van der Waals surface area contributed by atoms with E-state index in [1.165, 1.54) is 0 Å². The molecule has 4 rings (SSSR count). The quantitative estimate of drug-likeness (QED) is 0.437. The van der Waals surface area contributed by atoms with Gasteiger partial charge in [-0.2, -0.15) is 0 Å². The number of benzene rings is 4. The third-order valence-electron chi connectivity index (χ3n) is 4.65. The second kappa shape index (κ2) is 7.89. The zero-order chi connectivity index (χ0) is 20.3. The fourth-order valence-electron chi connectivity index (χ4n) is 3.10. The lowest BCUT2D eigenvalue weighted by Crippen LogP contribution is -2.13. The molecule has 0 saturated carbocycles. The Morgan fingerprint density at radius 1 is 0.793 bits per heavy atom. The summed E-state index contributed by atoms with van der Waals surface area (Å²) >= 11 is 0. The van der Waals surface area contributed by atoms with Gasteiger partial charge in [-0.1, -0.05) is 72.3 Å². The van der Waals surface area contributed by atoms with Gasteiger partial charge in [-0.15, -0.1) is 0 Å². The van der Waals surface area contributed by atoms with E-state index in [1.807, 2.05) is 43.3 Å². The van der Waals surface area contributed by atoms with Crippen LogP contribution in [-0.2, 0) is 10.0 Å². The van der Waals surface area contributed by atoms with Gasteiger partial charge in [0.2, 0.25) is 0 Å². The lowest BCUT2D eigenvalue weighted by atomic mass is 10.1. The minimum atomic E-state index is -3.69. The van der Waals surface area contributed by atoms with Gasteiger partial charge in [-0.25, -0.2) is 8.42 Å². The summed E-state index contributed by atoms with van der Waals surface area (Å²) in [6, 6.07) is 28.0. The molecule has 0 atom stereocenters. The number of hydrogen-bond acceptors (Lipinski definition) is 3. The number of nitrogens with one attached hydrogen (secondary N) is 1. The van der Waals surface area contributed by atoms with Crippen molar-refractivity contribution < 1.29 is 8.42 Å². The second-order valence-corrected chi connectivity index (χ2v) is 8.44. The van der Waals surface area contributed by atoms with Crippen LogP contribution < -0.4 is 4.72 Å². The van der Waals surface area contributed by atoms with Gasteiger partial charge in [-0.05, 0) is 42.0 Å². The SMILES string of the molecule is Cc1ccc(S(=O)(=O)Nc2ccccc2N=Cc2cccc3ccccc23)cc1. The van der Waals surface area contributed by atoms with Crippen molar-refractivity contribution in [1.29, 1.82) is 0 Å². The highest BCUT2D eigenvalue weighted by atomic mass is 32.2. The number of aliphatic imine (C=N–C) groups is 1. The Hall–Kier alpha value is -3.44.